The summed E-state index contributed by atoms with van der Waals surface area (Å²) in [7, 11) is -2.29. The maximum atomic E-state index is 14.9. The molecule has 0 aliphatic carbocycles. The number of nitrogens with one attached hydrogen (secondary N) is 1. The summed E-state index contributed by atoms with van der Waals surface area (Å²) >= 11 is 1.07. The first-order valence-electron chi connectivity index (χ1n) is 10.8. The average molecular weight is 543 g/mol. The zero-order valence-corrected chi connectivity index (χ0v) is 20.8. The summed E-state index contributed by atoms with van der Waals surface area (Å²) in [4.78, 5) is 15.2. The summed E-state index contributed by atoms with van der Waals surface area (Å²) in [6, 6.07) is 11.4. The first kappa shape index (κ1) is 24.5. The Morgan fingerprint density at radius 2 is 2.03 bits per heavy atom. The van der Waals surface area contributed by atoms with Crippen LogP contribution in [0.1, 0.15) is 27.6 Å². The predicted octanol–water partition coefficient (Wildman–Crippen LogP) is 3.69. The van der Waals surface area contributed by atoms with E-state index in [-0.39, 0.29) is 34.6 Å². The van der Waals surface area contributed by atoms with Crippen LogP contribution in [0.4, 0.5) is 9.18 Å². The number of amides is 1. The Labute approximate surface area is 213 Å². The molecule has 0 saturated heterocycles. The summed E-state index contributed by atoms with van der Waals surface area (Å²) < 4.78 is 49.9. The lowest BCUT2D eigenvalue weighted by atomic mass is 10.1. The lowest BCUT2D eigenvalue weighted by Crippen LogP contribution is -2.20. The van der Waals surface area contributed by atoms with Crippen molar-refractivity contribution in [1.82, 2.24) is 30.3 Å². The van der Waals surface area contributed by atoms with Crippen LogP contribution < -0.4 is 5.32 Å². The van der Waals surface area contributed by atoms with Crippen molar-refractivity contribution < 1.29 is 27.1 Å². The molecule has 0 aliphatic rings. The van der Waals surface area contributed by atoms with Crippen LogP contribution in [-0.4, -0.2) is 44.6 Å². The molecule has 0 spiro atoms. The van der Waals surface area contributed by atoms with Crippen molar-refractivity contribution in [2.45, 2.75) is 17.5 Å². The molecule has 1 atom stereocenters. The summed E-state index contributed by atoms with van der Waals surface area (Å²) in [5.74, 6) is -1.23. The fourth-order valence-electron chi connectivity index (χ4n) is 3.76. The molecule has 0 saturated carbocycles. The van der Waals surface area contributed by atoms with Crippen LogP contribution in [-0.2, 0) is 29.2 Å². The van der Waals surface area contributed by atoms with Gasteiger partial charge in [-0.1, -0.05) is 30.3 Å². The lowest BCUT2D eigenvalue weighted by Gasteiger charge is -2.12. The number of carboxylic acid groups (broad SMARTS) is 1. The molecular formula is C23H19FN6O5S2. The van der Waals surface area contributed by atoms with Gasteiger partial charge in [-0.25, -0.2) is 22.6 Å². The Morgan fingerprint density at radius 1 is 1.24 bits per heavy atom. The van der Waals surface area contributed by atoms with Crippen LogP contribution in [0.15, 0.2) is 59.3 Å². The molecular weight excluding hydrogens is 523 g/mol. The smallest absolute Gasteiger partial charge is 0.405 e. The monoisotopic (exact) mass is 542 g/mol. The van der Waals surface area contributed by atoms with Gasteiger partial charge in [0.1, 0.15) is 10.8 Å². The second-order valence-corrected chi connectivity index (χ2v) is 11.3. The molecule has 0 aliphatic heterocycles. The number of halogens is 1. The number of hydrogen-bond acceptors (Lipinski definition) is 9. The van der Waals surface area contributed by atoms with Gasteiger partial charge in [0.05, 0.1) is 28.7 Å². The summed E-state index contributed by atoms with van der Waals surface area (Å²) in [5.41, 5.74) is 1.69. The second-order valence-electron chi connectivity index (χ2n) is 8.12. The van der Waals surface area contributed by atoms with Gasteiger partial charge in [0.2, 0.25) is 11.8 Å². The van der Waals surface area contributed by atoms with Crippen molar-refractivity contribution in [2.24, 2.45) is 7.05 Å². The van der Waals surface area contributed by atoms with E-state index in [4.69, 9.17) is 9.52 Å². The molecule has 1 amide bonds. The average Bonchev–Trinajstić information content (AvgIpc) is 3.57. The quantitative estimate of drug-likeness (QED) is 0.299. The van der Waals surface area contributed by atoms with Gasteiger partial charge in [0.25, 0.3) is 0 Å². The molecule has 0 radical (unpaired) electrons. The lowest BCUT2D eigenvalue weighted by molar-refractivity contribution is 0.192. The van der Waals surface area contributed by atoms with Gasteiger partial charge in [0.15, 0.2) is 15.1 Å². The van der Waals surface area contributed by atoms with Crippen LogP contribution in [0.5, 0.6) is 0 Å². The van der Waals surface area contributed by atoms with Crippen LogP contribution in [0.2, 0.25) is 0 Å². The number of thiazole rings is 1. The number of sulfone groups is 1. The fraction of sp³-hybridized carbons (Fsp3) is 0.174. The van der Waals surface area contributed by atoms with E-state index in [0.717, 1.165) is 11.3 Å². The summed E-state index contributed by atoms with van der Waals surface area (Å²) in [5, 5.41) is 21.3. The van der Waals surface area contributed by atoms with Gasteiger partial charge in [-0.2, -0.15) is 5.10 Å². The summed E-state index contributed by atoms with van der Waals surface area (Å²) in [6.07, 6.45) is 1.90. The van der Waals surface area contributed by atoms with E-state index in [0.29, 0.717) is 21.4 Å². The van der Waals surface area contributed by atoms with Crippen LogP contribution >= 0.6 is 11.3 Å². The zero-order valence-electron chi connectivity index (χ0n) is 19.2. The van der Waals surface area contributed by atoms with Crippen molar-refractivity contribution in [2.75, 3.05) is 0 Å². The van der Waals surface area contributed by atoms with Gasteiger partial charge in [-0.3, -0.25) is 4.68 Å². The standard InChI is InChI=1S/C23H19FN6O5S2/c1-30-11-14(9-26-30)15-7-18-17(8-16(15)24)27-22(36-18)20(21-29-28-19(35-21)10-25-23(31)32)37(33,34)12-13-5-3-2-4-6-13/h2-9,11,20,25H,10,12H2,1H3,(H,31,32). The SMILES string of the molecule is Cn1cc(-c2cc3sc(C(c4nnc(CNC(=O)O)o4)S(=O)(=O)Cc4ccccc4)nc3cc2F)cn1. The Hall–Kier alpha value is -4.17. The first-order valence-corrected chi connectivity index (χ1v) is 13.4. The summed E-state index contributed by atoms with van der Waals surface area (Å²) in [6.45, 7) is -0.298. The molecule has 5 rings (SSSR count). The number of carbonyl (C=O) groups is 1. The molecule has 0 fully saturated rings. The van der Waals surface area contributed by atoms with Crippen molar-refractivity contribution >= 4 is 37.5 Å². The molecule has 1 unspecified atom stereocenters. The van der Waals surface area contributed by atoms with Crippen LogP contribution in [0, 0.1) is 5.82 Å². The molecule has 190 valence electrons. The molecule has 14 heteroatoms. The maximum Gasteiger partial charge on any atom is 0.405 e. The highest BCUT2D eigenvalue weighted by atomic mass is 32.2. The Bertz CT molecular complexity index is 1700. The van der Waals surface area contributed by atoms with Crippen molar-refractivity contribution in [3.63, 3.8) is 0 Å². The number of rotatable bonds is 8. The normalized spacial score (nSPS) is 12.6. The maximum absolute atomic E-state index is 14.9. The number of fused-ring (bicyclic) bond motifs is 1. The van der Waals surface area contributed by atoms with Gasteiger partial charge in [0, 0.05) is 30.4 Å². The highest BCUT2D eigenvalue weighted by Gasteiger charge is 2.37. The third-order valence-corrected chi connectivity index (χ3v) is 8.51. The van der Waals surface area contributed by atoms with E-state index in [1.54, 1.807) is 54.3 Å². The van der Waals surface area contributed by atoms with E-state index in [1.165, 1.54) is 12.3 Å². The predicted molar refractivity (Wildman–Crippen MR) is 132 cm³/mol. The Kier molecular flexibility index (Phi) is 6.43. The molecule has 3 heterocycles. The minimum absolute atomic E-state index is 0.108. The molecule has 2 aromatic carbocycles. The first-order chi connectivity index (χ1) is 17.7. The van der Waals surface area contributed by atoms with Gasteiger partial charge in [-0.05, 0) is 11.6 Å². The largest absolute Gasteiger partial charge is 0.465 e. The van der Waals surface area contributed by atoms with Gasteiger partial charge in [-0.15, -0.1) is 21.5 Å². The van der Waals surface area contributed by atoms with Crippen molar-refractivity contribution in [3.05, 3.63) is 83.0 Å². The van der Waals surface area contributed by atoms with E-state index in [1.807, 2.05) is 0 Å². The number of hydrogen-bond donors (Lipinski definition) is 2. The van der Waals surface area contributed by atoms with E-state index in [9.17, 15) is 17.6 Å². The molecule has 0 bridgehead atoms. The second kappa shape index (κ2) is 9.71. The van der Waals surface area contributed by atoms with E-state index < -0.39 is 27.0 Å². The highest BCUT2D eigenvalue weighted by Crippen LogP contribution is 2.38. The molecule has 11 nitrogen and oxygen atoms in total. The van der Waals surface area contributed by atoms with E-state index in [2.05, 4.69) is 25.6 Å². The van der Waals surface area contributed by atoms with Gasteiger partial charge >= 0.3 is 6.09 Å². The fourth-order valence-corrected chi connectivity index (χ4v) is 6.89. The van der Waals surface area contributed by atoms with Crippen molar-refractivity contribution in [1.29, 1.82) is 0 Å². The van der Waals surface area contributed by atoms with Crippen molar-refractivity contribution in [3.8, 4) is 11.1 Å². The number of benzene rings is 2. The number of aryl methyl sites for hydroxylation is 1. The third-order valence-electron chi connectivity index (χ3n) is 5.40. The Morgan fingerprint density at radius 3 is 2.73 bits per heavy atom. The minimum Gasteiger partial charge on any atom is -0.465 e. The minimum atomic E-state index is -4.01. The molecule has 2 N–H and O–H groups in total. The molecule has 5 aromatic rings. The van der Waals surface area contributed by atoms with E-state index >= 15 is 0 Å². The van der Waals surface area contributed by atoms with Crippen LogP contribution in [0.25, 0.3) is 21.3 Å². The molecule has 37 heavy (non-hydrogen) atoms. The number of aromatic nitrogens is 5. The number of nitrogens with zero attached hydrogens (tertiary/aromatic N) is 5. The molecule has 3 aromatic heterocycles. The van der Waals surface area contributed by atoms with Gasteiger partial charge < -0.3 is 14.8 Å². The zero-order chi connectivity index (χ0) is 26.2. The Balaban J connectivity index is 1.59. The highest BCUT2D eigenvalue weighted by molar-refractivity contribution is 7.91. The van der Waals surface area contributed by atoms with Crippen LogP contribution in [0.3, 0.4) is 0 Å². The third kappa shape index (κ3) is 5.20. The topological polar surface area (TPSA) is 153 Å².